The first kappa shape index (κ1) is 11.5. The first-order valence-corrected chi connectivity index (χ1v) is 6.53. The molecule has 4 nitrogen and oxygen atoms in total. The normalized spacial score (nSPS) is 14.4. The average Bonchev–Trinajstić information content (AvgIpc) is 2.81. The summed E-state index contributed by atoms with van der Waals surface area (Å²) in [5.74, 6) is 1.91. The molecule has 0 amide bonds. The summed E-state index contributed by atoms with van der Waals surface area (Å²) in [4.78, 5) is 14.0. The number of hydrogen-bond donors (Lipinski definition) is 1. The number of H-pyrrole nitrogens is 1. The van der Waals surface area contributed by atoms with Gasteiger partial charge in [-0.25, -0.2) is 9.97 Å². The second kappa shape index (κ2) is 4.24. The molecule has 0 bridgehead atoms. The maximum absolute atomic E-state index is 4.25. The molecule has 3 rings (SSSR count). The first-order chi connectivity index (χ1) is 8.66. The van der Waals surface area contributed by atoms with Crippen molar-refractivity contribution >= 4 is 26.2 Å². The third-order valence-electron chi connectivity index (χ3n) is 3.12. The molecular formula is C13H13BrN4. The van der Waals surface area contributed by atoms with Crippen LogP contribution in [0.4, 0.5) is 5.82 Å². The van der Waals surface area contributed by atoms with Gasteiger partial charge in [-0.15, -0.1) is 0 Å². The maximum atomic E-state index is 4.25. The second-order valence-electron chi connectivity index (χ2n) is 4.38. The number of aromatic amines is 1. The number of fused-ring (bicyclic) bond motifs is 1. The Kier molecular flexibility index (Phi) is 2.70. The summed E-state index contributed by atoms with van der Waals surface area (Å²) in [6.45, 7) is 2.79. The van der Waals surface area contributed by atoms with Crippen molar-refractivity contribution in [2.45, 2.75) is 6.92 Å². The van der Waals surface area contributed by atoms with E-state index in [4.69, 9.17) is 0 Å². The molecule has 0 unspecified atom stereocenters. The summed E-state index contributed by atoms with van der Waals surface area (Å²) in [7, 11) is 2.07. The number of nitrogens with zero attached hydrogens (tertiary/aromatic N) is 3. The monoisotopic (exact) mass is 304 g/mol. The second-order valence-corrected chi connectivity index (χ2v) is 5.23. The Labute approximate surface area is 114 Å². The van der Waals surface area contributed by atoms with Crippen LogP contribution in [-0.2, 0) is 0 Å². The minimum Gasteiger partial charge on any atom is -0.357 e. The molecule has 1 aliphatic rings. The lowest BCUT2D eigenvalue weighted by Gasteiger charge is -2.22. The van der Waals surface area contributed by atoms with Crippen molar-refractivity contribution in [3.8, 4) is 11.1 Å². The number of halogens is 1. The number of aromatic nitrogens is 3. The standard InChI is InChI=1S/C13H13BrN4/c1-8-15-5-9(6-16-8)10-7-17-13-12(10)11(14)3-4-18(13)2/h3,5-7,17H,4H2,1-2H3. The van der Waals surface area contributed by atoms with Gasteiger partial charge >= 0.3 is 0 Å². The van der Waals surface area contributed by atoms with Gasteiger partial charge in [-0.05, 0) is 6.92 Å². The molecule has 92 valence electrons. The van der Waals surface area contributed by atoms with E-state index in [1.165, 1.54) is 5.56 Å². The largest absolute Gasteiger partial charge is 0.357 e. The van der Waals surface area contributed by atoms with Gasteiger partial charge in [0.1, 0.15) is 11.6 Å². The summed E-state index contributed by atoms with van der Waals surface area (Å²) < 4.78 is 1.12. The molecule has 0 aliphatic carbocycles. The molecule has 0 spiro atoms. The van der Waals surface area contributed by atoms with E-state index in [9.17, 15) is 0 Å². The van der Waals surface area contributed by atoms with Crippen LogP contribution in [0.1, 0.15) is 11.4 Å². The minimum atomic E-state index is 0.787. The minimum absolute atomic E-state index is 0.787. The van der Waals surface area contributed by atoms with E-state index in [0.717, 1.165) is 33.8 Å². The Morgan fingerprint density at radius 3 is 2.78 bits per heavy atom. The molecule has 1 N–H and O–H groups in total. The number of likely N-dealkylation sites (N-methyl/N-ethyl adjacent to an activating group) is 1. The summed E-state index contributed by atoms with van der Waals surface area (Å²) >= 11 is 3.63. The Morgan fingerprint density at radius 2 is 2.06 bits per heavy atom. The SMILES string of the molecule is Cc1ncc(-c2c[nH]c3c2C(Br)=CCN3C)cn1. The van der Waals surface area contributed by atoms with Crippen LogP contribution in [0.25, 0.3) is 15.6 Å². The van der Waals surface area contributed by atoms with Crippen LogP contribution in [-0.4, -0.2) is 28.5 Å². The Balaban J connectivity index is 2.15. The smallest absolute Gasteiger partial charge is 0.125 e. The lowest BCUT2D eigenvalue weighted by molar-refractivity contribution is 0.991. The molecule has 1 aliphatic heterocycles. The van der Waals surface area contributed by atoms with Gasteiger partial charge in [-0.3, -0.25) is 0 Å². The number of aryl methyl sites for hydroxylation is 1. The van der Waals surface area contributed by atoms with Crippen LogP contribution in [0.3, 0.4) is 0 Å². The topological polar surface area (TPSA) is 44.8 Å². The van der Waals surface area contributed by atoms with Crippen LogP contribution >= 0.6 is 15.9 Å². The van der Waals surface area contributed by atoms with Gasteiger partial charge in [0.05, 0.1) is 0 Å². The molecule has 2 aromatic heterocycles. The van der Waals surface area contributed by atoms with E-state index in [2.05, 4.69) is 48.9 Å². The fourth-order valence-corrected chi connectivity index (χ4v) is 2.67. The molecule has 0 atom stereocenters. The zero-order valence-electron chi connectivity index (χ0n) is 10.2. The van der Waals surface area contributed by atoms with Crippen LogP contribution in [0.2, 0.25) is 0 Å². The maximum Gasteiger partial charge on any atom is 0.125 e. The Morgan fingerprint density at radius 1 is 1.33 bits per heavy atom. The molecule has 0 saturated heterocycles. The van der Waals surface area contributed by atoms with Crippen molar-refractivity contribution in [3.05, 3.63) is 36.1 Å². The zero-order valence-corrected chi connectivity index (χ0v) is 11.8. The van der Waals surface area contributed by atoms with Gasteiger partial charge in [-0.2, -0.15) is 0 Å². The number of anilines is 1. The lowest BCUT2D eigenvalue weighted by atomic mass is 10.1. The molecule has 3 heterocycles. The van der Waals surface area contributed by atoms with Crippen molar-refractivity contribution in [2.24, 2.45) is 0 Å². The summed E-state index contributed by atoms with van der Waals surface area (Å²) in [6, 6.07) is 0. The molecule has 0 saturated carbocycles. The van der Waals surface area contributed by atoms with Gasteiger partial charge in [0.2, 0.25) is 0 Å². The molecule has 0 fully saturated rings. The van der Waals surface area contributed by atoms with Gasteiger partial charge in [0.15, 0.2) is 0 Å². The summed E-state index contributed by atoms with van der Waals surface area (Å²) in [6.07, 6.45) is 7.89. The number of nitrogens with one attached hydrogen (secondary N) is 1. The predicted molar refractivity (Wildman–Crippen MR) is 76.7 cm³/mol. The van der Waals surface area contributed by atoms with Gasteiger partial charge in [-0.1, -0.05) is 22.0 Å². The molecule has 5 heteroatoms. The third kappa shape index (κ3) is 1.75. The van der Waals surface area contributed by atoms with E-state index in [1.807, 2.05) is 25.5 Å². The van der Waals surface area contributed by atoms with Gasteiger partial charge < -0.3 is 9.88 Å². The first-order valence-electron chi connectivity index (χ1n) is 5.74. The number of rotatable bonds is 1. The zero-order chi connectivity index (χ0) is 12.7. The molecular weight excluding hydrogens is 292 g/mol. The van der Waals surface area contributed by atoms with E-state index >= 15 is 0 Å². The van der Waals surface area contributed by atoms with E-state index in [0.29, 0.717) is 0 Å². The van der Waals surface area contributed by atoms with Crippen molar-refractivity contribution in [1.82, 2.24) is 15.0 Å². The predicted octanol–water partition coefficient (Wildman–Crippen LogP) is 2.97. The molecule has 18 heavy (non-hydrogen) atoms. The summed E-state index contributed by atoms with van der Waals surface area (Å²) in [5.41, 5.74) is 3.33. The summed E-state index contributed by atoms with van der Waals surface area (Å²) in [5, 5.41) is 0. The van der Waals surface area contributed by atoms with E-state index < -0.39 is 0 Å². The highest BCUT2D eigenvalue weighted by molar-refractivity contribution is 9.15. The van der Waals surface area contributed by atoms with Crippen molar-refractivity contribution in [2.75, 3.05) is 18.5 Å². The van der Waals surface area contributed by atoms with Crippen molar-refractivity contribution in [1.29, 1.82) is 0 Å². The van der Waals surface area contributed by atoms with Crippen LogP contribution in [0.15, 0.2) is 24.7 Å². The van der Waals surface area contributed by atoms with Crippen molar-refractivity contribution < 1.29 is 0 Å². The lowest BCUT2D eigenvalue weighted by Crippen LogP contribution is -2.21. The Hall–Kier alpha value is -1.62. The highest BCUT2D eigenvalue weighted by atomic mass is 79.9. The fourth-order valence-electron chi connectivity index (χ4n) is 2.13. The quantitative estimate of drug-likeness (QED) is 0.881. The molecule has 0 radical (unpaired) electrons. The van der Waals surface area contributed by atoms with Gasteiger partial charge in [0, 0.05) is 53.4 Å². The van der Waals surface area contributed by atoms with Crippen LogP contribution < -0.4 is 4.90 Å². The third-order valence-corrected chi connectivity index (χ3v) is 3.84. The highest BCUT2D eigenvalue weighted by Crippen LogP contribution is 2.40. The highest BCUT2D eigenvalue weighted by Gasteiger charge is 2.21. The fraction of sp³-hybridized carbons (Fsp3) is 0.231. The Bertz CT molecular complexity index is 612. The van der Waals surface area contributed by atoms with Crippen LogP contribution in [0.5, 0.6) is 0 Å². The number of hydrogen-bond acceptors (Lipinski definition) is 3. The molecule has 0 aromatic carbocycles. The average molecular weight is 305 g/mol. The molecule has 2 aromatic rings. The van der Waals surface area contributed by atoms with Crippen molar-refractivity contribution in [3.63, 3.8) is 0 Å². The van der Waals surface area contributed by atoms with E-state index in [1.54, 1.807) is 0 Å². The van der Waals surface area contributed by atoms with Crippen LogP contribution in [0, 0.1) is 6.92 Å². The van der Waals surface area contributed by atoms with E-state index in [-0.39, 0.29) is 0 Å². The van der Waals surface area contributed by atoms with Gasteiger partial charge in [0.25, 0.3) is 0 Å².